The highest BCUT2D eigenvalue weighted by molar-refractivity contribution is 5.93. The van der Waals surface area contributed by atoms with Crippen molar-refractivity contribution in [1.82, 2.24) is 15.0 Å². The molecular weight excluding hydrogens is 268 g/mol. The number of aromatic nitrogens is 2. The first-order valence-electron chi connectivity index (χ1n) is 7.07. The normalized spacial score (nSPS) is 21.7. The smallest absolute Gasteiger partial charge is 0.276 e. The van der Waals surface area contributed by atoms with Gasteiger partial charge in [0.15, 0.2) is 11.5 Å². The molecule has 0 radical (unpaired) electrons. The van der Waals surface area contributed by atoms with E-state index in [9.17, 15) is 4.79 Å². The summed E-state index contributed by atoms with van der Waals surface area (Å²) in [4.78, 5) is 18.4. The van der Waals surface area contributed by atoms with Crippen molar-refractivity contribution < 1.29 is 9.32 Å². The average molecular weight is 286 g/mol. The van der Waals surface area contributed by atoms with Crippen LogP contribution in [-0.4, -0.2) is 40.1 Å². The third-order valence-electron chi connectivity index (χ3n) is 3.93. The minimum atomic E-state index is -0.0997. The fourth-order valence-electron chi connectivity index (χ4n) is 2.76. The van der Waals surface area contributed by atoms with Gasteiger partial charge in [-0.05, 0) is 37.9 Å². The zero-order valence-electron chi connectivity index (χ0n) is 11.9. The van der Waals surface area contributed by atoms with Crippen LogP contribution in [0.2, 0.25) is 0 Å². The molecule has 1 amide bonds. The zero-order chi connectivity index (χ0) is 14.8. The van der Waals surface area contributed by atoms with Crippen molar-refractivity contribution in [1.29, 1.82) is 0 Å². The molecule has 0 aliphatic carbocycles. The molecular formula is C15H18N4O2. The van der Waals surface area contributed by atoms with E-state index in [1.807, 2.05) is 24.0 Å². The number of likely N-dealkylation sites (tertiary alicyclic amines) is 1. The fraction of sp³-hybridized carbons (Fsp3) is 0.400. The van der Waals surface area contributed by atoms with Gasteiger partial charge in [0.05, 0.1) is 0 Å². The predicted octanol–water partition coefficient (Wildman–Crippen LogP) is 1.55. The lowest BCUT2D eigenvalue weighted by Crippen LogP contribution is -2.34. The maximum atomic E-state index is 12.5. The molecule has 2 N–H and O–H groups in total. The summed E-state index contributed by atoms with van der Waals surface area (Å²) in [5, 5.41) is 3.90. The van der Waals surface area contributed by atoms with E-state index in [2.05, 4.69) is 10.1 Å². The number of rotatable bonds is 3. The Bertz CT molecular complexity index is 626. The van der Waals surface area contributed by atoms with Gasteiger partial charge in [-0.15, -0.1) is 0 Å². The van der Waals surface area contributed by atoms with Gasteiger partial charge in [-0.1, -0.05) is 5.16 Å². The fourth-order valence-corrected chi connectivity index (χ4v) is 2.76. The van der Waals surface area contributed by atoms with Gasteiger partial charge >= 0.3 is 0 Å². The Hall–Kier alpha value is -2.21. The van der Waals surface area contributed by atoms with E-state index in [1.165, 1.54) is 0 Å². The van der Waals surface area contributed by atoms with Crippen LogP contribution in [0.5, 0.6) is 0 Å². The second kappa shape index (κ2) is 5.65. The van der Waals surface area contributed by atoms with Gasteiger partial charge in [0.25, 0.3) is 5.91 Å². The Balaban J connectivity index is 1.79. The standard InChI is InChI=1S/C15H18N4O2/c1-10-5-11(7-16)9-19(10)15(20)13-6-14(21-18-13)12-3-2-4-17-8-12/h2-4,6,8,10-11H,5,7,9,16H2,1H3. The van der Waals surface area contributed by atoms with Crippen molar-refractivity contribution in [3.8, 4) is 11.3 Å². The summed E-state index contributed by atoms with van der Waals surface area (Å²) in [6.45, 7) is 3.33. The molecule has 0 saturated carbocycles. The van der Waals surface area contributed by atoms with E-state index in [4.69, 9.17) is 10.3 Å². The summed E-state index contributed by atoms with van der Waals surface area (Å²) in [6.07, 6.45) is 4.30. The lowest BCUT2D eigenvalue weighted by Gasteiger charge is -2.19. The van der Waals surface area contributed by atoms with Crippen molar-refractivity contribution in [3.63, 3.8) is 0 Å². The topological polar surface area (TPSA) is 85.2 Å². The Morgan fingerprint density at radius 3 is 3.10 bits per heavy atom. The molecule has 6 nitrogen and oxygen atoms in total. The van der Waals surface area contributed by atoms with Crippen molar-refractivity contribution in [3.05, 3.63) is 36.3 Å². The van der Waals surface area contributed by atoms with Crippen molar-refractivity contribution in [2.75, 3.05) is 13.1 Å². The molecule has 0 spiro atoms. The molecule has 1 saturated heterocycles. The van der Waals surface area contributed by atoms with Crippen LogP contribution in [0.1, 0.15) is 23.8 Å². The van der Waals surface area contributed by atoms with Gasteiger partial charge in [0, 0.05) is 36.6 Å². The van der Waals surface area contributed by atoms with Crippen LogP contribution in [0.15, 0.2) is 35.1 Å². The molecule has 2 aromatic heterocycles. The van der Waals surface area contributed by atoms with Crippen LogP contribution in [0, 0.1) is 5.92 Å². The largest absolute Gasteiger partial charge is 0.355 e. The van der Waals surface area contributed by atoms with Crippen LogP contribution in [0.4, 0.5) is 0 Å². The minimum absolute atomic E-state index is 0.0997. The maximum Gasteiger partial charge on any atom is 0.276 e. The predicted molar refractivity (Wildman–Crippen MR) is 77.4 cm³/mol. The van der Waals surface area contributed by atoms with E-state index in [-0.39, 0.29) is 11.9 Å². The van der Waals surface area contributed by atoms with Crippen LogP contribution in [-0.2, 0) is 0 Å². The van der Waals surface area contributed by atoms with E-state index >= 15 is 0 Å². The molecule has 1 aliphatic rings. The van der Waals surface area contributed by atoms with Gasteiger partial charge in [-0.25, -0.2) is 0 Å². The minimum Gasteiger partial charge on any atom is -0.355 e. The molecule has 2 aromatic rings. The average Bonchev–Trinajstić information content (AvgIpc) is 3.14. The molecule has 110 valence electrons. The molecule has 1 aliphatic heterocycles. The van der Waals surface area contributed by atoms with Crippen LogP contribution in [0.25, 0.3) is 11.3 Å². The summed E-state index contributed by atoms with van der Waals surface area (Å²) in [6, 6.07) is 5.53. The van der Waals surface area contributed by atoms with Gasteiger partial charge < -0.3 is 15.2 Å². The number of hydrogen-bond donors (Lipinski definition) is 1. The number of pyridine rings is 1. The lowest BCUT2D eigenvalue weighted by molar-refractivity contribution is 0.0733. The number of nitrogens with two attached hydrogens (primary N) is 1. The summed E-state index contributed by atoms with van der Waals surface area (Å²) < 4.78 is 5.26. The van der Waals surface area contributed by atoms with E-state index < -0.39 is 0 Å². The molecule has 3 heterocycles. The molecule has 21 heavy (non-hydrogen) atoms. The third kappa shape index (κ3) is 2.67. The summed E-state index contributed by atoms with van der Waals surface area (Å²) in [5.41, 5.74) is 6.83. The summed E-state index contributed by atoms with van der Waals surface area (Å²) in [5.74, 6) is 0.819. The number of nitrogens with zero attached hydrogens (tertiary/aromatic N) is 3. The molecule has 2 atom stereocenters. The second-order valence-corrected chi connectivity index (χ2v) is 5.46. The highest BCUT2D eigenvalue weighted by Crippen LogP contribution is 2.25. The first kappa shape index (κ1) is 13.8. The monoisotopic (exact) mass is 286 g/mol. The number of carbonyl (C=O) groups excluding carboxylic acids is 1. The summed E-state index contributed by atoms with van der Waals surface area (Å²) >= 11 is 0. The van der Waals surface area contributed by atoms with E-state index in [1.54, 1.807) is 18.5 Å². The van der Waals surface area contributed by atoms with Gasteiger partial charge in [-0.2, -0.15) is 0 Å². The van der Waals surface area contributed by atoms with Crippen molar-refractivity contribution in [2.45, 2.75) is 19.4 Å². The van der Waals surface area contributed by atoms with Gasteiger partial charge in [0.2, 0.25) is 0 Å². The Kier molecular flexibility index (Phi) is 3.70. The Labute approximate surface area is 122 Å². The Morgan fingerprint density at radius 2 is 2.43 bits per heavy atom. The highest BCUT2D eigenvalue weighted by atomic mass is 16.5. The number of carbonyl (C=O) groups is 1. The molecule has 6 heteroatoms. The quantitative estimate of drug-likeness (QED) is 0.925. The SMILES string of the molecule is CC1CC(CN)CN1C(=O)c1cc(-c2cccnc2)on1. The zero-order valence-corrected chi connectivity index (χ0v) is 11.9. The van der Waals surface area contributed by atoms with E-state index in [0.717, 1.165) is 12.0 Å². The maximum absolute atomic E-state index is 12.5. The molecule has 1 fully saturated rings. The van der Waals surface area contributed by atoms with Crippen molar-refractivity contribution >= 4 is 5.91 Å². The third-order valence-corrected chi connectivity index (χ3v) is 3.93. The van der Waals surface area contributed by atoms with Gasteiger partial charge in [-0.3, -0.25) is 9.78 Å². The molecule has 2 unspecified atom stereocenters. The first-order valence-corrected chi connectivity index (χ1v) is 7.07. The number of amides is 1. The molecule has 0 bridgehead atoms. The van der Waals surface area contributed by atoms with E-state index in [0.29, 0.717) is 30.5 Å². The van der Waals surface area contributed by atoms with Crippen LogP contribution in [0.3, 0.4) is 0 Å². The highest BCUT2D eigenvalue weighted by Gasteiger charge is 2.33. The summed E-state index contributed by atoms with van der Waals surface area (Å²) in [7, 11) is 0. The van der Waals surface area contributed by atoms with Crippen LogP contribution >= 0.6 is 0 Å². The first-order chi connectivity index (χ1) is 10.2. The van der Waals surface area contributed by atoms with Gasteiger partial charge in [0.1, 0.15) is 0 Å². The number of hydrogen-bond acceptors (Lipinski definition) is 5. The molecule has 3 rings (SSSR count). The van der Waals surface area contributed by atoms with Crippen molar-refractivity contribution in [2.24, 2.45) is 11.7 Å². The Morgan fingerprint density at radius 1 is 1.57 bits per heavy atom. The molecule has 0 aromatic carbocycles. The van der Waals surface area contributed by atoms with Crippen LogP contribution < -0.4 is 5.73 Å². The second-order valence-electron chi connectivity index (χ2n) is 5.46. The lowest BCUT2D eigenvalue weighted by atomic mass is 10.1.